The van der Waals surface area contributed by atoms with Crippen molar-refractivity contribution < 1.29 is 24.0 Å². The van der Waals surface area contributed by atoms with Gasteiger partial charge < -0.3 is 14.8 Å². The Hall–Kier alpha value is -3.95. The average Bonchev–Trinajstić information content (AvgIpc) is 2.68. The van der Waals surface area contributed by atoms with Crippen LogP contribution in [0.3, 0.4) is 0 Å². The standard InChI is InChI=1S/C17H16N4O6/c1-26-12-7-8-13(15(9-12)27-2)19-16(22)17(23)20-18-10-11-5-3-4-6-14(11)21(24)25/h3-10H,1-2H3,(H,19,22)(H,20,23)/b18-10-. The highest BCUT2D eigenvalue weighted by Gasteiger charge is 2.16. The molecule has 0 fully saturated rings. The molecule has 10 nitrogen and oxygen atoms in total. The van der Waals surface area contributed by atoms with E-state index in [9.17, 15) is 19.7 Å². The molecular weight excluding hydrogens is 356 g/mol. The maximum atomic E-state index is 12.0. The molecule has 0 atom stereocenters. The largest absolute Gasteiger partial charge is 0.497 e. The molecule has 10 heteroatoms. The van der Waals surface area contributed by atoms with E-state index >= 15 is 0 Å². The summed E-state index contributed by atoms with van der Waals surface area (Å²) in [5.41, 5.74) is 2.28. The summed E-state index contributed by atoms with van der Waals surface area (Å²) in [6, 6.07) is 10.5. The fourth-order valence-electron chi connectivity index (χ4n) is 2.06. The van der Waals surface area contributed by atoms with Crippen LogP contribution in [0.25, 0.3) is 0 Å². The molecule has 2 rings (SSSR count). The first kappa shape index (κ1) is 19.4. The van der Waals surface area contributed by atoms with Crippen LogP contribution in [0, 0.1) is 10.1 Å². The van der Waals surface area contributed by atoms with Gasteiger partial charge in [-0.25, -0.2) is 5.43 Å². The van der Waals surface area contributed by atoms with Crippen molar-refractivity contribution in [2.24, 2.45) is 5.10 Å². The van der Waals surface area contributed by atoms with E-state index in [2.05, 4.69) is 10.4 Å². The number of anilines is 1. The number of methoxy groups -OCH3 is 2. The number of nitro groups is 1. The number of rotatable bonds is 6. The topological polar surface area (TPSA) is 132 Å². The van der Waals surface area contributed by atoms with E-state index in [4.69, 9.17) is 9.47 Å². The van der Waals surface area contributed by atoms with E-state index in [0.717, 1.165) is 6.21 Å². The van der Waals surface area contributed by atoms with Crippen LogP contribution in [-0.4, -0.2) is 37.2 Å². The van der Waals surface area contributed by atoms with Crippen LogP contribution in [0.4, 0.5) is 11.4 Å². The monoisotopic (exact) mass is 372 g/mol. The molecule has 0 saturated heterocycles. The van der Waals surface area contributed by atoms with Gasteiger partial charge in [0.25, 0.3) is 5.69 Å². The summed E-state index contributed by atoms with van der Waals surface area (Å²) >= 11 is 0. The van der Waals surface area contributed by atoms with E-state index in [0.29, 0.717) is 11.5 Å². The number of hydrogen-bond acceptors (Lipinski definition) is 7. The van der Waals surface area contributed by atoms with Crippen LogP contribution in [0.5, 0.6) is 11.5 Å². The number of hydrogen-bond donors (Lipinski definition) is 2. The zero-order valence-corrected chi connectivity index (χ0v) is 14.5. The minimum absolute atomic E-state index is 0.178. The van der Waals surface area contributed by atoms with Crippen molar-refractivity contribution in [1.82, 2.24) is 5.43 Å². The number of nitrogens with one attached hydrogen (secondary N) is 2. The van der Waals surface area contributed by atoms with Crippen molar-refractivity contribution in [3.63, 3.8) is 0 Å². The summed E-state index contributed by atoms with van der Waals surface area (Å²) in [5, 5.41) is 16.9. The molecule has 2 amide bonds. The smallest absolute Gasteiger partial charge is 0.329 e. The Labute approximate surface area is 153 Å². The minimum atomic E-state index is -1.05. The molecule has 27 heavy (non-hydrogen) atoms. The fraction of sp³-hybridized carbons (Fsp3) is 0.118. The molecule has 140 valence electrons. The molecule has 0 aliphatic heterocycles. The van der Waals surface area contributed by atoms with Crippen LogP contribution >= 0.6 is 0 Å². The van der Waals surface area contributed by atoms with Crippen molar-refractivity contribution in [2.45, 2.75) is 0 Å². The number of nitrogens with zero attached hydrogens (tertiary/aromatic N) is 2. The van der Waals surface area contributed by atoms with Gasteiger partial charge in [-0.15, -0.1) is 0 Å². The van der Waals surface area contributed by atoms with Gasteiger partial charge in [0.15, 0.2) is 0 Å². The third-order valence-electron chi connectivity index (χ3n) is 3.37. The fourth-order valence-corrected chi connectivity index (χ4v) is 2.06. The average molecular weight is 372 g/mol. The second kappa shape index (κ2) is 8.94. The Kier molecular flexibility index (Phi) is 6.42. The van der Waals surface area contributed by atoms with Gasteiger partial charge in [-0.2, -0.15) is 5.10 Å². The van der Waals surface area contributed by atoms with E-state index in [1.165, 1.54) is 38.5 Å². The summed E-state index contributed by atoms with van der Waals surface area (Å²) in [6.45, 7) is 0. The Bertz CT molecular complexity index is 897. The molecule has 2 N–H and O–H groups in total. The Morgan fingerprint density at radius 2 is 1.85 bits per heavy atom. The van der Waals surface area contributed by atoms with Gasteiger partial charge in [0.1, 0.15) is 11.5 Å². The van der Waals surface area contributed by atoms with Crippen LogP contribution in [0.2, 0.25) is 0 Å². The quantitative estimate of drug-likeness (QED) is 0.343. The molecular formula is C17H16N4O6. The number of amides is 2. The van der Waals surface area contributed by atoms with E-state index in [1.807, 2.05) is 5.43 Å². The molecule has 0 unspecified atom stereocenters. The number of carbonyl (C=O) groups is 2. The summed E-state index contributed by atoms with van der Waals surface area (Å²) in [4.78, 5) is 34.1. The van der Waals surface area contributed by atoms with E-state index in [-0.39, 0.29) is 16.9 Å². The number of ether oxygens (including phenoxy) is 2. The predicted molar refractivity (Wildman–Crippen MR) is 97.0 cm³/mol. The summed E-state index contributed by atoms with van der Waals surface area (Å²) in [7, 11) is 2.89. The van der Waals surface area contributed by atoms with Crippen molar-refractivity contribution in [1.29, 1.82) is 0 Å². The number of nitro benzene ring substituents is 1. The van der Waals surface area contributed by atoms with Crippen LogP contribution < -0.4 is 20.2 Å². The maximum Gasteiger partial charge on any atom is 0.329 e. The molecule has 0 spiro atoms. The molecule has 0 aliphatic rings. The molecule has 0 bridgehead atoms. The van der Waals surface area contributed by atoms with E-state index < -0.39 is 16.7 Å². The maximum absolute atomic E-state index is 12.0. The zero-order chi connectivity index (χ0) is 19.8. The first-order chi connectivity index (χ1) is 13.0. The van der Waals surface area contributed by atoms with Gasteiger partial charge in [-0.05, 0) is 18.2 Å². The lowest BCUT2D eigenvalue weighted by Gasteiger charge is -2.10. The molecule has 2 aromatic carbocycles. The summed E-state index contributed by atoms with van der Waals surface area (Å²) < 4.78 is 10.2. The zero-order valence-electron chi connectivity index (χ0n) is 14.5. The summed E-state index contributed by atoms with van der Waals surface area (Å²) in [6.07, 6.45) is 1.08. The number of benzene rings is 2. The molecule has 0 saturated carbocycles. The molecule has 2 aromatic rings. The highest BCUT2D eigenvalue weighted by atomic mass is 16.6. The third-order valence-corrected chi connectivity index (χ3v) is 3.37. The van der Waals surface area contributed by atoms with Gasteiger partial charge in [0.05, 0.1) is 36.6 Å². The van der Waals surface area contributed by atoms with Crippen LogP contribution in [-0.2, 0) is 9.59 Å². The Morgan fingerprint density at radius 3 is 2.52 bits per heavy atom. The van der Waals surface area contributed by atoms with Crippen LogP contribution in [0.15, 0.2) is 47.6 Å². The molecule has 0 radical (unpaired) electrons. The van der Waals surface area contributed by atoms with Crippen molar-refractivity contribution in [3.8, 4) is 11.5 Å². The lowest BCUT2D eigenvalue weighted by molar-refractivity contribution is -0.385. The van der Waals surface area contributed by atoms with Gasteiger partial charge in [-0.1, -0.05) is 12.1 Å². The van der Waals surface area contributed by atoms with Crippen molar-refractivity contribution in [2.75, 3.05) is 19.5 Å². The first-order valence-corrected chi connectivity index (χ1v) is 7.56. The number of hydrazone groups is 1. The highest BCUT2D eigenvalue weighted by Crippen LogP contribution is 2.28. The third kappa shape index (κ3) is 5.01. The van der Waals surface area contributed by atoms with Gasteiger partial charge in [-0.3, -0.25) is 19.7 Å². The second-order valence-corrected chi connectivity index (χ2v) is 5.04. The van der Waals surface area contributed by atoms with Crippen LogP contribution in [0.1, 0.15) is 5.56 Å². The van der Waals surface area contributed by atoms with Gasteiger partial charge in [0, 0.05) is 12.1 Å². The molecule has 0 aromatic heterocycles. The summed E-state index contributed by atoms with van der Waals surface area (Å²) in [5.74, 6) is -1.22. The minimum Gasteiger partial charge on any atom is -0.497 e. The first-order valence-electron chi connectivity index (χ1n) is 7.56. The van der Waals surface area contributed by atoms with Gasteiger partial charge in [0.2, 0.25) is 0 Å². The lowest BCUT2D eigenvalue weighted by Crippen LogP contribution is -2.32. The number of para-hydroxylation sites is 1. The van der Waals surface area contributed by atoms with Crippen molar-refractivity contribution >= 4 is 29.4 Å². The Morgan fingerprint density at radius 1 is 1.11 bits per heavy atom. The van der Waals surface area contributed by atoms with E-state index in [1.54, 1.807) is 18.2 Å². The highest BCUT2D eigenvalue weighted by molar-refractivity contribution is 6.39. The lowest BCUT2D eigenvalue weighted by atomic mass is 10.2. The van der Waals surface area contributed by atoms with Gasteiger partial charge >= 0.3 is 11.8 Å². The van der Waals surface area contributed by atoms with Crippen molar-refractivity contribution in [3.05, 3.63) is 58.1 Å². The predicted octanol–water partition coefficient (Wildman–Crippen LogP) is 1.70. The Balaban J connectivity index is 2.03. The molecule has 0 heterocycles. The SMILES string of the molecule is COc1ccc(NC(=O)C(=O)N/N=C\c2ccccc2[N+](=O)[O-])c(OC)c1. The molecule has 0 aliphatic carbocycles. The normalized spacial score (nSPS) is 10.3. The number of carbonyl (C=O) groups excluding carboxylic acids is 2. The second-order valence-electron chi connectivity index (χ2n) is 5.04.